The number of carboxylic acids is 1. The van der Waals surface area contributed by atoms with Crippen LogP contribution in [-0.4, -0.2) is 60.0 Å². The van der Waals surface area contributed by atoms with Gasteiger partial charge in [0.25, 0.3) is 0 Å². The molecule has 0 radical (unpaired) electrons. The van der Waals surface area contributed by atoms with Gasteiger partial charge in [0, 0.05) is 42.9 Å². The molecule has 3 heterocycles. The molecule has 0 unspecified atom stereocenters. The maximum atomic E-state index is 14.2. The molecule has 1 saturated heterocycles. The third-order valence-corrected chi connectivity index (χ3v) is 10.1. The summed E-state index contributed by atoms with van der Waals surface area (Å²) in [6.07, 6.45) is 10.4. The number of anilines is 1. The number of thiophene rings is 1. The van der Waals surface area contributed by atoms with Gasteiger partial charge in [0.05, 0.1) is 23.3 Å². The Morgan fingerprint density at radius 1 is 1.05 bits per heavy atom. The highest BCUT2D eigenvalue weighted by atomic mass is 32.1. The molecule has 0 spiro atoms. The molecule has 9 heteroatoms. The number of hydrogen-bond acceptors (Lipinski definition) is 7. The monoisotopic (exact) mass is 622 g/mol. The molecule has 0 aromatic carbocycles. The summed E-state index contributed by atoms with van der Waals surface area (Å²) in [5, 5.41) is 10.3. The van der Waals surface area contributed by atoms with Crippen LogP contribution >= 0.6 is 11.3 Å². The molecule has 8 nitrogen and oxygen atoms in total. The first kappa shape index (κ1) is 32.5. The quantitative estimate of drug-likeness (QED) is 0.302. The molecule has 3 fully saturated rings. The fraction of sp³-hybridized carbons (Fsp3) is 0.629. The zero-order valence-corrected chi connectivity index (χ0v) is 27.1. The van der Waals surface area contributed by atoms with Crippen molar-refractivity contribution >= 4 is 28.9 Å². The summed E-state index contributed by atoms with van der Waals surface area (Å²) in [4.78, 5) is 33.8. The number of hydrogen-bond donors (Lipinski definition) is 1. The minimum atomic E-state index is -1.03. The average molecular weight is 623 g/mol. The molecule has 2 saturated carbocycles. The van der Waals surface area contributed by atoms with Gasteiger partial charge in [-0.1, -0.05) is 24.8 Å². The van der Waals surface area contributed by atoms with E-state index in [0.29, 0.717) is 29.0 Å². The van der Waals surface area contributed by atoms with Crippen molar-refractivity contribution in [3.05, 3.63) is 40.2 Å². The van der Waals surface area contributed by atoms with Crippen molar-refractivity contribution in [1.29, 1.82) is 0 Å². The Labute approximate surface area is 265 Å². The van der Waals surface area contributed by atoms with Crippen LogP contribution in [0.3, 0.4) is 0 Å². The van der Waals surface area contributed by atoms with E-state index >= 15 is 0 Å². The first-order valence-electron chi connectivity index (χ1n) is 16.2. The molecule has 238 valence electrons. The molecule has 2 aromatic rings. The molecule has 44 heavy (non-hydrogen) atoms. The summed E-state index contributed by atoms with van der Waals surface area (Å²) in [6.45, 7) is 8.25. The van der Waals surface area contributed by atoms with Crippen molar-refractivity contribution < 1.29 is 28.9 Å². The summed E-state index contributed by atoms with van der Waals surface area (Å²) in [5.41, 5.74) is 0.0763. The third-order valence-electron chi connectivity index (χ3n) is 9.08. The summed E-state index contributed by atoms with van der Waals surface area (Å²) in [6, 6.07) is 7.36. The predicted molar refractivity (Wildman–Crippen MR) is 171 cm³/mol. The summed E-state index contributed by atoms with van der Waals surface area (Å²) in [7, 11) is 0. The number of ether oxygens (including phenoxy) is 3. The highest BCUT2D eigenvalue weighted by molar-refractivity contribution is 7.15. The van der Waals surface area contributed by atoms with Gasteiger partial charge in [-0.05, 0) is 96.1 Å². The van der Waals surface area contributed by atoms with Gasteiger partial charge < -0.3 is 24.2 Å². The topological polar surface area (TPSA) is 98.2 Å². The van der Waals surface area contributed by atoms with Gasteiger partial charge >= 0.3 is 5.97 Å². The SMILES string of the molecule is CC1CCC(C(=O)N(c2cc(C#CC(C)(C)COC3CCOCC3)sc2C(=O)O)C2CCC(Oc3ccccn3)CC2)CC1. The Morgan fingerprint density at radius 3 is 2.43 bits per heavy atom. The van der Waals surface area contributed by atoms with Crippen LogP contribution in [0.2, 0.25) is 0 Å². The number of amides is 1. The van der Waals surface area contributed by atoms with E-state index in [1.165, 1.54) is 0 Å². The van der Waals surface area contributed by atoms with Crippen molar-refractivity contribution in [2.24, 2.45) is 17.3 Å². The second-order valence-corrected chi connectivity index (χ2v) is 14.3. The number of carbonyl (C=O) groups is 2. The molecule has 5 rings (SSSR count). The number of aromatic nitrogens is 1. The number of carbonyl (C=O) groups excluding carboxylic acids is 1. The highest BCUT2D eigenvalue weighted by Crippen LogP contribution is 2.39. The van der Waals surface area contributed by atoms with Crippen LogP contribution in [0.15, 0.2) is 30.5 Å². The minimum absolute atomic E-state index is 0.0158. The molecule has 1 N–H and O–H groups in total. The molecular formula is C35H46N2O6S. The van der Waals surface area contributed by atoms with Gasteiger partial charge in [-0.2, -0.15) is 0 Å². The van der Waals surface area contributed by atoms with Gasteiger partial charge in [0.2, 0.25) is 11.8 Å². The van der Waals surface area contributed by atoms with Gasteiger partial charge in [-0.3, -0.25) is 4.79 Å². The lowest BCUT2D eigenvalue weighted by molar-refractivity contribution is -0.124. The Hall–Kier alpha value is -2.93. The fourth-order valence-corrected chi connectivity index (χ4v) is 7.26. The number of nitrogens with zero attached hydrogens (tertiary/aromatic N) is 2. The van der Waals surface area contributed by atoms with E-state index in [2.05, 4.69) is 23.7 Å². The summed E-state index contributed by atoms with van der Waals surface area (Å²) >= 11 is 1.16. The van der Waals surface area contributed by atoms with Gasteiger partial charge in [-0.25, -0.2) is 9.78 Å². The van der Waals surface area contributed by atoms with Crippen LogP contribution in [0.1, 0.15) is 99.5 Å². The van der Waals surface area contributed by atoms with E-state index in [0.717, 1.165) is 88.8 Å². The lowest BCUT2D eigenvalue weighted by Gasteiger charge is -2.39. The molecule has 0 bridgehead atoms. The van der Waals surface area contributed by atoms with E-state index in [-0.39, 0.29) is 35.0 Å². The Bertz CT molecular complexity index is 1310. The Morgan fingerprint density at radius 2 is 1.77 bits per heavy atom. The summed E-state index contributed by atoms with van der Waals surface area (Å²) in [5.74, 6) is 6.72. The van der Waals surface area contributed by atoms with Crippen LogP contribution in [0.5, 0.6) is 5.88 Å². The summed E-state index contributed by atoms with van der Waals surface area (Å²) < 4.78 is 17.7. The van der Waals surface area contributed by atoms with Crippen LogP contribution in [0, 0.1) is 29.1 Å². The maximum absolute atomic E-state index is 14.2. The second kappa shape index (κ2) is 14.9. The van der Waals surface area contributed by atoms with E-state index in [1.807, 2.05) is 43.0 Å². The largest absolute Gasteiger partial charge is 0.477 e. The Kier molecular flexibility index (Phi) is 11.0. The zero-order chi connectivity index (χ0) is 31.1. The zero-order valence-electron chi connectivity index (χ0n) is 26.3. The molecule has 1 amide bonds. The fourth-order valence-electron chi connectivity index (χ4n) is 6.42. The molecule has 3 aliphatic rings. The molecule has 2 aliphatic carbocycles. The van der Waals surface area contributed by atoms with Crippen LogP contribution < -0.4 is 9.64 Å². The lowest BCUT2D eigenvalue weighted by atomic mass is 9.81. The first-order valence-corrected chi connectivity index (χ1v) is 17.0. The van der Waals surface area contributed by atoms with Crippen molar-refractivity contribution in [1.82, 2.24) is 4.98 Å². The Balaban J connectivity index is 1.36. The third kappa shape index (κ3) is 8.62. The van der Waals surface area contributed by atoms with E-state index in [9.17, 15) is 14.7 Å². The lowest BCUT2D eigenvalue weighted by Crippen LogP contribution is -2.47. The molecular weight excluding hydrogens is 576 g/mol. The van der Waals surface area contributed by atoms with Crippen LogP contribution in [0.4, 0.5) is 5.69 Å². The number of pyridine rings is 1. The number of aromatic carboxylic acids is 1. The first-order chi connectivity index (χ1) is 21.2. The van der Waals surface area contributed by atoms with Crippen molar-refractivity contribution in [3.63, 3.8) is 0 Å². The standard InChI is InChI=1S/C35H46N2O6S/c1-24-7-9-25(10-8-24)33(38)37(26-11-13-28(14-12-26)43-31-6-4-5-19-36-31)30-22-29(44-32(30)34(39)40)15-18-35(2,3)23-42-27-16-20-41-21-17-27/h4-6,19,22,24-28H,7-14,16-17,20-21,23H2,1-3H3,(H,39,40). The van der Waals surface area contributed by atoms with Gasteiger partial charge in [0.15, 0.2) is 0 Å². The van der Waals surface area contributed by atoms with Crippen molar-refractivity contribution in [2.75, 3.05) is 24.7 Å². The van der Waals surface area contributed by atoms with E-state index in [4.69, 9.17) is 14.2 Å². The average Bonchev–Trinajstić information content (AvgIpc) is 3.46. The number of carboxylic acid groups (broad SMARTS) is 1. The van der Waals surface area contributed by atoms with Crippen molar-refractivity contribution in [3.8, 4) is 17.7 Å². The predicted octanol–water partition coefficient (Wildman–Crippen LogP) is 6.96. The smallest absolute Gasteiger partial charge is 0.348 e. The van der Waals surface area contributed by atoms with Crippen LogP contribution in [0.25, 0.3) is 0 Å². The van der Waals surface area contributed by atoms with Gasteiger partial charge in [0.1, 0.15) is 11.0 Å². The number of rotatable bonds is 9. The maximum Gasteiger partial charge on any atom is 0.348 e. The van der Waals surface area contributed by atoms with Gasteiger partial charge in [-0.15, -0.1) is 11.3 Å². The second-order valence-electron chi connectivity index (χ2n) is 13.3. The molecule has 1 aliphatic heterocycles. The van der Waals surface area contributed by atoms with E-state index < -0.39 is 11.4 Å². The van der Waals surface area contributed by atoms with Crippen molar-refractivity contribution in [2.45, 2.75) is 103 Å². The highest BCUT2D eigenvalue weighted by Gasteiger charge is 2.38. The van der Waals surface area contributed by atoms with E-state index in [1.54, 1.807) is 6.20 Å². The molecule has 2 aromatic heterocycles. The minimum Gasteiger partial charge on any atom is -0.477 e. The normalized spacial score (nSPS) is 24.6. The molecule has 0 atom stereocenters. The van der Waals surface area contributed by atoms with Crippen LogP contribution in [-0.2, 0) is 14.3 Å².